The van der Waals surface area contributed by atoms with Gasteiger partial charge in [-0.1, -0.05) is 12.8 Å². The van der Waals surface area contributed by atoms with E-state index < -0.39 is 11.4 Å². The molecule has 2 aromatic rings. The minimum absolute atomic E-state index is 0.0613. The van der Waals surface area contributed by atoms with E-state index in [9.17, 15) is 9.59 Å². The zero-order valence-electron chi connectivity index (χ0n) is 15.8. The van der Waals surface area contributed by atoms with Gasteiger partial charge in [-0.3, -0.25) is 9.59 Å². The molecule has 2 heterocycles. The van der Waals surface area contributed by atoms with Crippen LogP contribution < -0.4 is 32.6 Å². The van der Waals surface area contributed by atoms with Crippen molar-refractivity contribution in [3.63, 3.8) is 0 Å². The lowest BCUT2D eigenvalue weighted by Gasteiger charge is -2.37. The second-order valence-electron chi connectivity index (χ2n) is 7.39. The maximum atomic E-state index is 11.9. The molecule has 2 amide bonds. The number of nitrogens with two attached hydrogens (primary N) is 3. The van der Waals surface area contributed by atoms with Crippen molar-refractivity contribution in [2.45, 2.75) is 37.3 Å². The zero-order valence-corrected chi connectivity index (χ0v) is 15.8. The van der Waals surface area contributed by atoms with Crippen LogP contribution in [0.5, 0.6) is 5.75 Å². The highest BCUT2D eigenvalue weighted by Crippen LogP contribution is 2.35. The Bertz CT molecular complexity index is 980. The van der Waals surface area contributed by atoms with Crippen molar-refractivity contribution < 1.29 is 14.3 Å². The van der Waals surface area contributed by atoms with Crippen LogP contribution in [-0.2, 0) is 10.3 Å². The van der Waals surface area contributed by atoms with Crippen molar-refractivity contribution in [2.24, 2.45) is 17.2 Å². The maximum Gasteiger partial charge on any atom is 0.262 e. The van der Waals surface area contributed by atoms with E-state index in [0.717, 1.165) is 19.3 Å². The highest BCUT2D eigenvalue weighted by molar-refractivity contribution is 5.98. The second-order valence-corrected chi connectivity index (χ2v) is 7.39. The molecule has 0 unspecified atom stereocenters. The Labute approximate surface area is 167 Å². The molecular formula is C19H23N7O3. The Morgan fingerprint density at radius 2 is 2.17 bits per heavy atom. The monoisotopic (exact) mass is 397 g/mol. The molecule has 29 heavy (non-hydrogen) atoms. The van der Waals surface area contributed by atoms with Gasteiger partial charge in [0.1, 0.15) is 17.1 Å². The van der Waals surface area contributed by atoms with Crippen LogP contribution in [0.15, 0.2) is 24.4 Å². The van der Waals surface area contributed by atoms with Gasteiger partial charge < -0.3 is 32.6 Å². The topological polar surface area (TPSA) is 171 Å². The smallest absolute Gasteiger partial charge is 0.262 e. The summed E-state index contributed by atoms with van der Waals surface area (Å²) in [6.45, 7) is -0.0613. The molecule has 10 nitrogen and oxygen atoms in total. The van der Waals surface area contributed by atoms with Crippen molar-refractivity contribution in [1.82, 2.24) is 9.97 Å². The summed E-state index contributed by atoms with van der Waals surface area (Å²) in [5.41, 5.74) is 18.8. The summed E-state index contributed by atoms with van der Waals surface area (Å²) in [5.74, 6) is 0.240. The Hall–Kier alpha value is -3.24. The third kappa shape index (κ3) is 3.59. The number of rotatable bonds is 4. The molecule has 1 aromatic carbocycles. The van der Waals surface area contributed by atoms with E-state index in [4.69, 9.17) is 21.9 Å². The van der Waals surface area contributed by atoms with Crippen LogP contribution in [0.4, 0.5) is 17.2 Å². The molecule has 1 aromatic heterocycles. The van der Waals surface area contributed by atoms with Gasteiger partial charge in [-0.25, -0.2) is 9.97 Å². The van der Waals surface area contributed by atoms with Crippen LogP contribution >= 0.6 is 0 Å². The van der Waals surface area contributed by atoms with E-state index in [0.29, 0.717) is 29.4 Å². The number of anilines is 3. The largest absolute Gasteiger partial charge is 0.482 e. The van der Waals surface area contributed by atoms with Gasteiger partial charge in [0.15, 0.2) is 12.4 Å². The highest BCUT2D eigenvalue weighted by atomic mass is 16.5. The second kappa shape index (κ2) is 7.30. The predicted octanol–water partition coefficient (Wildman–Crippen LogP) is 0.705. The third-order valence-corrected chi connectivity index (χ3v) is 5.36. The number of carbonyl (C=O) groups is 2. The molecule has 1 saturated carbocycles. The number of aromatic nitrogens is 2. The number of hydrogen-bond donors (Lipinski definition) is 5. The fraction of sp³-hybridized carbons (Fsp3) is 0.368. The number of amides is 2. The van der Waals surface area contributed by atoms with Gasteiger partial charge in [-0.15, -0.1) is 0 Å². The number of primary amides is 1. The molecule has 152 valence electrons. The molecule has 10 heteroatoms. The summed E-state index contributed by atoms with van der Waals surface area (Å²) in [4.78, 5) is 32.1. The summed E-state index contributed by atoms with van der Waals surface area (Å²) in [7, 11) is 0. The molecule has 1 aliphatic carbocycles. The van der Waals surface area contributed by atoms with Gasteiger partial charge in [0.2, 0.25) is 0 Å². The Balaban J connectivity index is 1.69. The molecule has 2 atom stereocenters. The lowest BCUT2D eigenvalue weighted by molar-refractivity contribution is -0.118. The summed E-state index contributed by atoms with van der Waals surface area (Å²) >= 11 is 0. The predicted molar refractivity (Wildman–Crippen MR) is 107 cm³/mol. The normalized spacial score (nSPS) is 23.5. The van der Waals surface area contributed by atoms with Gasteiger partial charge in [0.25, 0.3) is 11.8 Å². The minimum Gasteiger partial charge on any atom is -0.482 e. The summed E-state index contributed by atoms with van der Waals surface area (Å²) < 4.78 is 5.43. The third-order valence-electron chi connectivity index (χ3n) is 5.36. The molecule has 1 fully saturated rings. The molecule has 0 radical (unpaired) electrons. The standard InChI is InChI=1S/C19H23N7O3/c20-14-3-1-2-6-19(14,22)18-23-8-11(16(21)28)17(26-18)24-10-4-5-12-13(7-10)29-9-15(27)25-12/h4-5,7-8,14H,1-3,6,9,20,22H2,(H2,21,28)(H,25,27)(H,23,24,26)/t14-,19+/m1/s1. The van der Waals surface area contributed by atoms with Crippen molar-refractivity contribution >= 4 is 29.0 Å². The number of nitrogens with zero attached hydrogens (tertiary/aromatic N) is 2. The van der Waals surface area contributed by atoms with Crippen molar-refractivity contribution in [3.05, 3.63) is 35.8 Å². The first-order chi connectivity index (χ1) is 13.9. The van der Waals surface area contributed by atoms with Crippen LogP contribution in [0.25, 0.3) is 0 Å². The summed E-state index contributed by atoms with van der Waals surface area (Å²) in [6, 6.07) is 4.85. The Kier molecular flexibility index (Phi) is 4.81. The first-order valence-electron chi connectivity index (χ1n) is 9.42. The number of fused-ring (bicyclic) bond motifs is 1. The van der Waals surface area contributed by atoms with E-state index in [2.05, 4.69) is 20.6 Å². The number of benzene rings is 1. The molecule has 0 bridgehead atoms. The Morgan fingerprint density at radius 1 is 1.34 bits per heavy atom. The molecular weight excluding hydrogens is 374 g/mol. The van der Waals surface area contributed by atoms with Gasteiger partial charge in [0.05, 0.1) is 11.2 Å². The fourth-order valence-corrected chi connectivity index (χ4v) is 3.67. The Morgan fingerprint density at radius 3 is 2.93 bits per heavy atom. The van der Waals surface area contributed by atoms with Crippen molar-refractivity contribution in [2.75, 3.05) is 17.2 Å². The van der Waals surface area contributed by atoms with Crippen LogP contribution in [0, 0.1) is 0 Å². The summed E-state index contributed by atoms with van der Waals surface area (Å²) in [5, 5.41) is 5.81. The van der Waals surface area contributed by atoms with Crippen LogP contribution in [0.1, 0.15) is 41.9 Å². The number of carbonyl (C=O) groups excluding carboxylic acids is 2. The quantitative estimate of drug-likeness (QED) is 0.502. The van der Waals surface area contributed by atoms with Crippen molar-refractivity contribution in [3.8, 4) is 5.75 Å². The van der Waals surface area contributed by atoms with E-state index in [1.807, 2.05) is 0 Å². The maximum absolute atomic E-state index is 11.9. The molecule has 4 rings (SSSR count). The molecule has 2 aliphatic rings. The van der Waals surface area contributed by atoms with E-state index in [1.54, 1.807) is 18.2 Å². The number of hydrogen-bond acceptors (Lipinski definition) is 8. The van der Waals surface area contributed by atoms with E-state index in [1.165, 1.54) is 6.20 Å². The SMILES string of the molecule is NC(=O)c1cnc([C@]2(N)CCCC[C@H]2N)nc1Nc1ccc2c(c1)OCC(=O)N2. The van der Waals surface area contributed by atoms with Crippen LogP contribution in [-0.4, -0.2) is 34.4 Å². The molecule has 0 spiro atoms. The van der Waals surface area contributed by atoms with Crippen LogP contribution in [0.3, 0.4) is 0 Å². The lowest BCUT2D eigenvalue weighted by atomic mass is 9.78. The molecule has 8 N–H and O–H groups in total. The fourth-order valence-electron chi connectivity index (χ4n) is 3.67. The van der Waals surface area contributed by atoms with Crippen LogP contribution in [0.2, 0.25) is 0 Å². The van der Waals surface area contributed by atoms with Gasteiger partial charge in [-0.05, 0) is 25.0 Å². The first kappa shape index (κ1) is 19.1. The van der Waals surface area contributed by atoms with Gasteiger partial charge in [-0.2, -0.15) is 0 Å². The number of ether oxygens (including phenoxy) is 1. The average molecular weight is 397 g/mol. The molecule has 0 saturated heterocycles. The van der Waals surface area contributed by atoms with E-state index >= 15 is 0 Å². The van der Waals surface area contributed by atoms with Gasteiger partial charge in [0, 0.05) is 24.0 Å². The number of nitrogens with one attached hydrogen (secondary N) is 2. The van der Waals surface area contributed by atoms with Crippen molar-refractivity contribution in [1.29, 1.82) is 0 Å². The molecule has 1 aliphatic heterocycles. The van der Waals surface area contributed by atoms with E-state index in [-0.39, 0.29) is 29.9 Å². The lowest BCUT2D eigenvalue weighted by Crippen LogP contribution is -2.55. The first-order valence-corrected chi connectivity index (χ1v) is 9.42. The van der Waals surface area contributed by atoms with Gasteiger partial charge >= 0.3 is 0 Å². The average Bonchev–Trinajstić information content (AvgIpc) is 2.70. The highest BCUT2D eigenvalue weighted by Gasteiger charge is 2.39. The zero-order chi connectivity index (χ0) is 20.6. The minimum atomic E-state index is -0.867. The summed E-state index contributed by atoms with van der Waals surface area (Å²) in [6.07, 6.45) is 4.76.